The van der Waals surface area contributed by atoms with Gasteiger partial charge in [0.25, 0.3) is 0 Å². The van der Waals surface area contributed by atoms with E-state index in [1.807, 2.05) is 22.7 Å². The Morgan fingerprint density at radius 3 is 1.27 bits per heavy atom. The molecule has 2 aliphatic rings. The van der Waals surface area contributed by atoms with Gasteiger partial charge < -0.3 is 24.8 Å². The minimum Gasteiger partial charge on any atom is -1.00 e. The van der Waals surface area contributed by atoms with Crippen molar-refractivity contribution in [2.24, 2.45) is 0 Å². The van der Waals surface area contributed by atoms with Crippen molar-refractivity contribution >= 4 is 34.8 Å². The first-order valence-corrected chi connectivity index (χ1v) is 20.9. The van der Waals surface area contributed by atoms with Crippen molar-refractivity contribution in [3.63, 3.8) is 0 Å². The van der Waals surface area contributed by atoms with E-state index >= 15 is 0 Å². The smallest absolute Gasteiger partial charge is 1.00 e. The molecule has 0 amide bonds. The van der Waals surface area contributed by atoms with Crippen LogP contribution < -0.4 is 24.8 Å². The summed E-state index contributed by atoms with van der Waals surface area (Å²) in [6.07, 6.45) is 7.38. The Morgan fingerprint density at radius 2 is 0.918 bits per heavy atom. The van der Waals surface area contributed by atoms with Gasteiger partial charge in [0.15, 0.2) is 0 Å². The Kier molecular flexibility index (Phi) is 11.2. The number of aryl methyl sites for hydroxylation is 4. The monoisotopic (exact) mass is 790 g/mol. The zero-order valence-electron chi connectivity index (χ0n) is 28.2. The predicted octanol–water partition coefficient (Wildman–Crippen LogP) is 6.65. The van der Waals surface area contributed by atoms with Crippen LogP contribution in [-0.4, -0.2) is 0 Å². The molecule has 0 fully saturated rings. The topological polar surface area (TPSA) is 0 Å². The summed E-state index contributed by atoms with van der Waals surface area (Å²) < 4.78 is 3.35. The van der Waals surface area contributed by atoms with Gasteiger partial charge in [-0.25, -0.2) is 0 Å². The van der Waals surface area contributed by atoms with E-state index < -0.39 is 23.2 Å². The summed E-state index contributed by atoms with van der Waals surface area (Å²) >= 11 is 2.75. The van der Waals surface area contributed by atoms with Crippen LogP contribution in [0.4, 0.5) is 0 Å². The third kappa shape index (κ3) is 6.83. The largest absolute Gasteiger partial charge is 1.00 e. The molecule has 0 radical (unpaired) electrons. The maximum absolute atomic E-state index is 2.62. The average Bonchev–Trinajstić information content (AvgIpc) is 3.89. The molecular weight excluding hydrogens is 755 g/mol. The fraction of sp³-hybridized carbons (Fsp3) is 0.182. The van der Waals surface area contributed by atoms with E-state index in [4.69, 9.17) is 0 Å². The molecule has 8 rings (SSSR count). The van der Waals surface area contributed by atoms with Crippen LogP contribution in [0.1, 0.15) is 78.6 Å². The first-order valence-electron chi connectivity index (χ1n) is 16.8. The third-order valence-corrected chi connectivity index (χ3v) is 15.5. The van der Waals surface area contributed by atoms with Crippen LogP contribution in [0.3, 0.4) is 0 Å². The van der Waals surface area contributed by atoms with E-state index in [-0.39, 0.29) is 24.8 Å². The van der Waals surface area contributed by atoms with E-state index in [1.165, 1.54) is 75.1 Å². The SMILES string of the molecule is CCc1ccc(-c2cccc3c2C=[C]([Zr+2][C]2=Cc4c(-c5ccc(CC)cc5)cccc4C2c2ccc(C)s2)C3c2ccc(C)s2)cc1.[Cl-].[Cl-]. The summed E-state index contributed by atoms with van der Waals surface area (Å²) in [5.41, 5.74) is 14.0. The van der Waals surface area contributed by atoms with Gasteiger partial charge in [0.05, 0.1) is 0 Å². The molecule has 6 aromatic rings. The normalized spacial score (nSPS) is 15.8. The summed E-state index contributed by atoms with van der Waals surface area (Å²) in [4.78, 5) is 5.76. The van der Waals surface area contributed by atoms with Crippen molar-refractivity contribution in [2.45, 2.75) is 52.4 Å². The number of hydrogen-bond acceptors (Lipinski definition) is 2. The van der Waals surface area contributed by atoms with Crippen LogP contribution in [0.25, 0.3) is 34.4 Å². The van der Waals surface area contributed by atoms with Crippen LogP contribution in [0.2, 0.25) is 0 Å². The molecule has 2 unspecified atom stereocenters. The number of allylic oxidation sites excluding steroid dienone is 2. The van der Waals surface area contributed by atoms with Gasteiger partial charge in [-0.1, -0.05) is 0 Å². The number of thiophene rings is 2. The third-order valence-electron chi connectivity index (χ3n) is 9.85. The minimum absolute atomic E-state index is 0. The van der Waals surface area contributed by atoms with E-state index in [1.54, 1.807) is 6.56 Å². The Labute approximate surface area is 323 Å². The molecule has 2 aromatic heterocycles. The molecule has 2 aliphatic carbocycles. The molecular formula is C44H38Cl2S2Zr. The number of halogens is 2. The molecule has 2 atom stereocenters. The zero-order valence-corrected chi connectivity index (χ0v) is 33.8. The summed E-state index contributed by atoms with van der Waals surface area (Å²) in [7, 11) is 0. The molecule has 0 nitrogen and oxygen atoms in total. The number of hydrogen-bond donors (Lipinski definition) is 0. The Balaban J connectivity index is 0.00000208. The molecule has 49 heavy (non-hydrogen) atoms. The maximum Gasteiger partial charge on any atom is -1.00 e. The van der Waals surface area contributed by atoms with E-state index in [9.17, 15) is 0 Å². The van der Waals surface area contributed by atoms with E-state index in [2.05, 4.69) is 149 Å². The summed E-state index contributed by atoms with van der Waals surface area (Å²) in [5.74, 6) is 0.697. The standard InChI is InChI=1S/2C22H19S.2ClH.Zr/c2*1-3-16-8-10-17(11-9-16)18-5-4-6-19-20(18)12-13-21(19)22-14-7-15(2)23-22;;;/h2*4-12,14,21H,3H2,1-2H3;2*1H;/q;;;;+2/p-2. The first-order chi connectivity index (χ1) is 23.0. The maximum atomic E-state index is 2.62. The van der Waals surface area contributed by atoms with E-state index in [0.717, 1.165) is 12.8 Å². The first kappa shape index (κ1) is 36.0. The molecule has 0 saturated heterocycles. The Bertz CT molecular complexity index is 2010. The summed E-state index contributed by atoms with van der Waals surface area (Å²) in [6.45, 7) is 8.96. The molecule has 0 spiro atoms. The molecule has 244 valence electrons. The summed E-state index contributed by atoms with van der Waals surface area (Å²) in [6, 6.07) is 41.9. The molecule has 2 heterocycles. The van der Waals surface area contributed by atoms with Crippen molar-refractivity contribution in [1.29, 1.82) is 0 Å². The van der Waals surface area contributed by atoms with Crippen LogP contribution in [0.15, 0.2) is 116 Å². The van der Waals surface area contributed by atoms with Gasteiger partial charge in [0.2, 0.25) is 0 Å². The van der Waals surface area contributed by atoms with Crippen molar-refractivity contribution < 1.29 is 48.0 Å². The number of fused-ring (bicyclic) bond motifs is 2. The van der Waals surface area contributed by atoms with Gasteiger partial charge in [0.1, 0.15) is 0 Å². The van der Waals surface area contributed by atoms with Gasteiger partial charge in [-0.2, -0.15) is 0 Å². The van der Waals surface area contributed by atoms with Gasteiger partial charge in [-0.3, -0.25) is 0 Å². The van der Waals surface area contributed by atoms with Gasteiger partial charge in [-0.15, -0.1) is 0 Å². The zero-order chi connectivity index (χ0) is 32.1. The minimum atomic E-state index is -1.20. The average molecular weight is 793 g/mol. The fourth-order valence-electron chi connectivity index (χ4n) is 7.36. The van der Waals surface area contributed by atoms with Crippen molar-refractivity contribution in [2.75, 3.05) is 0 Å². The van der Waals surface area contributed by atoms with Crippen molar-refractivity contribution in [3.8, 4) is 22.3 Å². The molecule has 0 saturated carbocycles. The predicted molar refractivity (Wildman–Crippen MR) is 200 cm³/mol. The molecule has 5 heteroatoms. The van der Waals surface area contributed by atoms with Crippen molar-refractivity contribution in [3.05, 3.63) is 169 Å². The van der Waals surface area contributed by atoms with Crippen LogP contribution >= 0.6 is 22.7 Å². The number of benzene rings is 4. The molecule has 0 N–H and O–H groups in total. The summed E-state index contributed by atoms with van der Waals surface area (Å²) in [5, 5.41) is 0. The van der Waals surface area contributed by atoms with Crippen LogP contribution in [-0.2, 0) is 36.1 Å². The second kappa shape index (κ2) is 15.2. The quantitative estimate of drug-likeness (QED) is 0.162. The molecule has 0 bridgehead atoms. The Morgan fingerprint density at radius 1 is 0.510 bits per heavy atom. The fourth-order valence-corrected chi connectivity index (χ4v) is 14.0. The second-order valence-electron chi connectivity index (χ2n) is 12.8. The van der Waals surface area contributed by atoms with Gasteiger partial charge in [-0.05, 0) is 0 Å². The van der Waals surface area contributed by atoms with Crippen LogP contribution in [0, 0.1) is 13.8 Å². The molecule has 0 aliphatic heterocycles. The number of rotatable bonds is 8. The van der Waals surface area contributed by atoms with Crippen LogP contribution in [0.5, 0.6) is 0 Å². The Hall–Kier alpha value is -2.78. The van der Waals surface area contributed by atoms with Gasteiger partial charge in [0, 0.05) is 0 Å². The molecule has 4 aromatic carbocycles. The second-order valence-corrected chi connectivity index (χ2v) is 18.9. The van der Waals surface area contributed by atoms with Gasteiger partial charge >= 0.3 is 301 Å². The van der Waals surface area contributed by atoms with E-state index in [0.29, 0.717) is 11.8 Å². The van der Waals surface area contributed by atoms with Crippen molar-refractivity contribution in [1.82, 2.24) is 0 Å².